The summed E-state index contributed by atoms with van der Waals surface area (Å²) in [6.07, 6.45) is 0.212. The van der Waals surface area contributed by atoms with Gasteiger partial charge in [-0.05, 0) is 100 Å². The van der Waals surface area contributed by atoms with Gasteiger partial charge in [0.25, 0.3) is 0 Å². The van der Waals surface area contributed by atoms with Crippen LogP contribution in [0.4, 0.5) is 20.6 Å². The molecule has 2 fully saturated rings. The van der Waals surface area contributed by atoms with Crippen molar-refractivity contribution in [2.24, 2.45) is 0 Å². The average molecular weight is 873 g/mol. The molecule has 4 N–H and O–H groups in total. The second-order valence-electron chi connectivity index (χ2n) is 18.0. The van der Waals surface area contributed by atoms with E-state index in [9.17, 15) is 33.5 Å². The third kappa shape index (κ3) is 11.3. The van der Waals surface area contributed by atoms with Crippen LogP contribution in [0.1, 0.15) is 75.3 Å². The zero-order valence-electron chi connectivity index (χ0n) is 37.3. The fourth-order valence-electron chi connectivity index (χ4n) is 8.73. The minimum absolute atomic E-state index is 0.0280. The molecule has 3 amide bonds. The van der Waals surface area contributed by atoms with Gasteiger partial charge in [-0.15, -0.1) is 0 Å². The van der Waals surface area contributed by atoms with Gasteiger partial charge >= 0.3 is 18.0 Å². The number of aliphatic carboxylic acids is 1. The number of rotatable bonds is 10. The molecule has 0 radical (unpaired) electrons. The number of hydrogen-bond acceptors (Lipinski definition) is 11. The number of ether oxygens (including phenoxy) is 3. The number of nitrogens with one attached hydrogen (secondary N) is 3. The van der Waals surface area contributed by atoms with Crippen LogP contribution in [0, 0.1) is 5.82 Å². The molecule has 3 aromatic carbocycles. The van der Waals surface area contributed by atoms with Crippen molar-refractivity contribution in [2.75, 3.05) is 76.4 Å². The van der Waals surface area contributed by atoms with E-state index in [1.165, 1.54) is 19.2 Å². The Morgan fingerprint density at radius 3 is 2.43 bits per heavy atom. The molecule has 3 aromatic rings. The number of hydrogen-bond donors (Lipinski definition) is 4. The zero-order valence-corrected chi connectivity index (χ0v) is 37.3. The molecular formula is C47H61FN6O9. The van der Waals surface area contributed by atoms with Crippen LogP contribution in [0.3, 0.4) is 0 Å². The van der Waals surface area contributed by atoms with Crippen LogP contribution in [-0.4, -0.2) is 135 Å². The van der Waals surface area contributed by atoms with Gasteiger partial charge in [0.15, 0.2) is 0 Å². The first-order chi connectivity index (χ1) is 29.9. The number of carboxylic acid groups (broad SMARTS) is 1. The van der Waals surface area contributed by atoms with Gasteiger partial charge in [0.05, 0.1) is 32.2 Å². The lowest BCUT2D eigenvalue weighted by Crippen LogP contribution is -2.59. The predicted molar refractivity (Wildman–Crippen MR) is 235 cm³/mol. The minimum Gasteiger partial charge on any atom is -0.481 e. The first-order valence-electron chi connectivity index (χ1n) is 21.5. The van der Waals surface area contributed by atoms with Crippen LogP contribution in [0.25, 0.3) is 0 Å². The Kier molecular flexibility index (Phi) is 14.8. The topological polar surface area (TPSA) is 179 Å². The molecule has 0 aromatic heterocycles. The number of nitrogens with zero attached hydrogens (tertiary/aromatic N) is 3. The largest absolute Gasteiger partial charge is 0.481 e. The van der Waals surface area contributed by atoms with Crippen molar-refractivity contribution in [1.29, 1.82) is 0 Å². The van der Waals surface area contributed by atoms with Crippen molar-refractivity contribution in [2.45, 2.75) is 89.4 Å². The van der Waals surface area contributed by atoms with E-state index >= 15 is 0 Å². The molecule has 16 heteroatoms. The highest BCUT2D eigenvalue weighted by molar-refractivity contribution is 6.03. The molecule has 0 saturated carbocycles. The molecule has 0 bridgehead atoms. The number of fused-ring (bicyclic) bond motifs is 2. The Balaban J connectivity index is 0.000000264. The smallest absolute Gasteiger partial charge is 0.410 e. The summed E-state index contributed by atoms with van der Waals surface area (Å²) in [4.78, 5) is 69.2. The van der Waals surface area contributed by atoms with Crippen molar-refractivity contribution in [3.05, 3.63) is 94.3 Å². The third-order valence-electron chi connectivity index (χ3n) is 12.0. The van der Waals surface area contributed by atoms with E-state index in [0.717, 1.165) is 44.0 Å². The Labute approximate surface area is 368 Å². The number of carbonyl (C=O) groups excluding carboxylic acids is 4. The highest BCUT2D eigenvalue weighted by Crippen LogP contribution is 2.43. The number of carbonyl (C=O) groups is 5. The van der Waals surface area contributed by atoms with E-state index in [2.05, 4.69) is 32.5 Å². The van der Waals surface area contributed by atoms with Crippen molar-refractivity contribution in [3.63, 3.8) is 0 Å². The predicted octanol–water partition coefficient (Wildman–Crippen LogP) is 4.45. The molecule has 2 saturated heterocycles. The van der Waals surface area contributed by atoms with Crippen LogP contribution in [0.15, 0.2) is 60.7 Å². The SMILES string of the molecule is CC1COCCN1C[C@H]1CN(C(=O)OC(C)(C)C)CCN1.COC(=O)CNC(=O)C1(C)CN(C(=O)Cc2cccc3c2C(C(=O)O)[C@@H](C)N3)c2cc(Cc3ccc(F)cc3)ccc21. The maximum Gasteiger partial charge on any atom is 0.410 e. The fraction of sp³-hybridized carbons (Fsp3) is 0.511. The maximum atomic E-state index is 14.0. The van der Waals surface area contributed by atoms with Gasteiger partial charge in [-0.1, -0.05) is 36.4 Å². The molecule has 340 valence electrons. The number of piperazine rings is 1. The van der Waals surface area contributed by atoms with Crippen LogP contribution in [-0.2, 0) is 51.6 Å². The van der Waals surface area contributed by atoms with Crippen LogP contribution in [0.5, 0.6) is 0 Å². The van der Waals surface area contributed by atoms with Crippen molar-refractivity contribution >= 4 is 41.2 Å². The number of morpholine rings is 1. The molecule has 7 rings (SSSR count). The first-order valence-corrected chi connectivity index (χ1v) is 21.5. The monoisotopic (exact) mass is 872 g/mol. The summed E-state index contributed by atoms with van der Waals surface area (Å²) in [5.74, 6) is -3.43. The van der Waals surface area contributed by atoms with E-state index in [1.807, 2.05) is 43.9 Å². The Morgan fingerprint density at radius 2 is 1.75 bits per heavy atom. The van der Waals surface area contributed by atoms with Gasteiger partial charge in [0.2, 0.25) is 11.8 Å². The van der Waals surface area contributed by atoms with E-state index in [1.54, 1.807) is 49.1 Å². The molecule has 63 heavy (non-hydrogen) atoms. The number of halogens is 1. The van der Waals surface area contributed by atoms with Gasteiger partial charge < -0.3 is 45.1 Å². The van der Waals surface area contributed by atoms with Gasteiger partial charge in [-0.2, -0.15) is 0 Å². The number of methoxy groups -OCH3 is 1. The molecule has 4 aliphatic rings. The second-order valence-corrected chi connectivity index (χ2v) is 18.0. The average Bonchev–Trinajstić information content (AvgIpc) is 3.75. The van der Waals surface area contributed by atoms with E-state index < -0.39 is 34.8 Å². The van der Waals surface area contributed by atoms with Crippen LogP contribution < -0.4 is 20.9 Å². The summed E-state index contributed by atoms with van der Waals surface area (Å²) in [6.45, 7) is 16.9. The highest BCUT2D eigenvalue weighted by Gasteiger charge is 2.47. The third-order valence-corrected chi connectivity index (χ3v) is 12.0. The van der Waals surface area contributed by atoms with Crippen molar-refractivity contribution in [3.8, 4) is 0 Å². The summed E-state index contributed by atoms with van der Waals surface area (Å²) >= 11 is 0. The fourth-order valence-corrected chi connectivity index (χ4v) is 8.73. The number of amides is 3. The van der Waals surface area contributed by atoms with Crippen molar-refractivity contribution in [1.82, 2.24) is 20.4 Å². The van der Waals surface area contributed by atoms with E-state index in [4.69, 9.17) is 9.47 Å². The number of carboxylic acids is 1. The summed E-state index contributed by atoms with van der Waals surface area (Å²) < 4.78 is 29.0. The van der Waals surface area contributed by atoms with Gasteiger partial charge in [-0.25, -0.2) is 9.18 Å². The summed E-state index contributed by atoms with van der Waals surface area (Å²) in [5, 5.41) is 19.2. The van der Waals surface area contributed by atoms with Crippen LogP contribution >= 0.6 is 0 Å². The number of esters is 1. The number of anilines is 2. The zero-order chi connectivity index (χ0) is 45.6. The molecule has 5 atom stereocenters. The summed E-state index contributed by atoms with van der Waals surface area (Å²) in [6, 6.07) is 17.5. The van der Waals surface area contributed by atoms with E-state index in [-0.39, 0.29) is 43.4 Å². The Bertz CT molecular complexity index is 2160. The van der Waals surface area contributed by atoms with Crippen LogP contribution in [0.2, 0.25) is 0 Å². The second kappa shape index (κ2) is 19.9. The Morgan fingerprint density at radius 1 is 1.02 bits per heavy atom. The standard InChI is InChI=1S/C32H32FN3O6.C15H29N3O3/c1-18-28(30(39)40)29-21(5-4-6-24(29)35-18)15-26(37)36-17-32(2,31(41)34-16-27(38)42-3)23-12-9-20(14-25(23)36)13-19-7-10-22(33)11-8-19;1-12-11-20-8-7-17(12)9-13-10-18(6-5-16-13)14(19)21-15(2,3)4/h4-12,14,18,28,35H,13,15-17H2,1-3H3,(H,34,41)(H,39,40);12-13,16H,5-11H2,1-4H3/t18-,28?,32?;12?,13-/m10/s1. The quantitative estimate of drug-likeness (QED) is 0.211. The normalized spacial score (nSPS) is 23.0. The lowest BCUT2D eigenvalue weighted by atomic mass is 9.83. The first kappa shape index (κ1) is 46.9. The minimum atomic E-state index is -1.16. The highest BCUT2D eigenvalue weighted by atomic mass is 19.1. The lowest BCUT2D eigenvalue weighted by molar-refractivity contribution is -0.141. The Hall–Kier alpha value is -5.58. The molecule has 0 aliphatic carbocycles. The lowest BCUT2D eigenvalue weighted by Gasteiger charge is -2.40. The molecular weight excluding hydrogens is 812 g/mol. The summed E-state index contributed by atoms with van der Waals surface area (Å²) in [7, 11) is 1.23. The maximum absolute atomic E-state index is 14.0. The van der Waals surface area contributed by atoms with E-state index in [0.29, 0.717) is 59.7 Å². The summed E-state index contributed by atoms with van der Waals surface area (Å²) in [5.41, 5.74) is 3.22. The molecule has 4 heterocycles. The van der Waals surface area contributed by atoms with Gasteiger partial charge in [-0.3, -0.25) is 24.1 Å². The molecule has 4 aliphatic heterocycles. The molecule has 15 nitrogen and oxygen atoms in total. The number of benzene rings is 3. The van der Waals surface area contributed by atoms with Gasteiger partial charge in [0.1, 0.15) is 23.9 Å². The molecule has 0 spiro atoms. The molecule has 3 unspecified atom stereocenters. The van der Waals surface area contributed by atoms with Crippen molar-refractivity contribution < 1.29 is 47.7 Å². The van der Waals surface area contributed by atoms with Gasteiger partial charge in [0, 0.05) is 68.8 Å².